The van der Waals surface area contributed by atoms with Crippen LogP contribution in [-0.2, 0) is 28.5 Å². The second-order valence-corrected chi connectivity index (χ2v) is 10.4. The van der Waals surface area contributed by atoms with E-state index >= 15 is 0 Å². The number of carbonyl (C=O) groups excluding carboxylic acids is 1. The van der Waals surface area contributed by atoms with Gasteiger partial charge in [-0.2, -0.15) is 0 Å². The topological polar surface area (TPSA) is 217 Å². The molecule has 4 unspecified atom stereocenters. The summed E-state index contributed by atoms with van der Waals surface area (Å²) in [5, 5.41) is 73.8. The maximum absolute atomic E-state index is 10.8. The van der Waals surface area contributed by atoms with E-state index in [1.54, 1.807) is 0 Å². The molecule has 10 atom stereocenters. The van der Waals surface area contributed by atoms with E-state index in [2.05, 4.69) is 5.32 Å². The first-order chi connectivity index (χ1) is 18.4. The van der Waals surface area contributed by atoms with Crippen LogP contribution in [0.25, 0.3) is 0 Å². The van der Waals surface area contributed by atoms with Crippen LogP contribution in [0.1, 0.15) is 33.1 Å². The first-order valence-electron chi connectivity index (χ1n) is 13.0. The normalized spacial score (nSPS) is 37.0. The minimum atomic E-state index is -1.98. The average molecular weight is 586 g/mol. The molecule has 39 heavy (non-hydrogen) atoms. The van der Waals surface area contributed by atoms with Gasteiger partial charge in [0, 0.05) is 26.0 Å². The molecule has 2 aliphatic heterocycles. The highest BCUT2D eigenvalue weighted by Crippen LogP contribution is 2.37. The lowest BCUT2D eigenvalue weighted by atomic mass is 9.86. The van der Waals surface area contributed by atoms with Crippen LogP contribution in [0.15, 0.2) is 0 Å². The van der Waals surface area contributed by atoms with Crippen molar-refractivity contribution in [3.63, 3.8) is 0 Å². The van der Waals surface area contributed by atoms with Crippen LogP contribution in [0, 0.1) is 5.92 Å². The summed E-state index contributed by atoms with van der Waals surface area (Å²) in [7, 11) is 0. The third-order valence-electron chi connectivity index (χ3n) is 6.72. The summed E-state index contributed by atoms with van der Waals surface area (Å²) < 4.78 is 28.0. The number of carbonyl (C=O) groups is 1. The molecule has 8 N–H and O–H groups in total. The quantitative estimate of drug-likeness (QED) is 0.0667. The van der Waals surface area contributed by atoms with Crippen LogP contribution in [0.5, 0.6) is 0 Å². The van der Waals surface area contributed by atoms with Crippen LogP contribution in [0.4, 0.5) is 0 Å². The third-order valence-corrected chi connectivity index (χ3v) is 7.09. The van der Waals surface area contributed by atoms with Crippen molar-refractivity contribution in [1.82, 2.24) is 5.32 Å². The van der Waals surface area contributed by atoms with Crippen LogP contribution in [-0.4, -0.2) is 148 Å². The molecule has 0 aliphatic carbocycles. The monoisotopic (exact) mass is 585 g/mol. The Kier molecular flexibility index (Phi) is 14.5. The summed E-state index contributed by atoms with van der Waals surface area (Å²) in [6.07, 6.45) is -10.6. The van der Waals surface area contributed by atoms with E-state index in [-0.39, 0.29) is 12.3 Å². The van der Waals surface area contributed by atoms with E-state index in [4.69, 9.17) is 35.9 Å². The van der Waals surface area contributed by atoms with Gasteiger partial charge in [-0.15, -0.1) is 0 Å². The molecule has 0 saturated carbocycles. The summed E-state index contributed by atoms with van der Waals surface area (Å²) in [6.45, 7) is 3.34. The molecule has 0 spiro atoms. The largest absolute Gasteiger partial charge is 0.394 e. The standard InChI is InChI=1S/C24H43NO13S/c1-13(28)25-5-7-35-9-8-34-6-3-4-14(39)10-15-18(29)19(30)16(11-26)36-23(15)38-24(2)22(33)21(32)20(31)17(12-27)37-24/h15-23,26-27,29-33H,3-12H2,1-2H3,(H,25,28)/t15?,16-,17?,18?,19-,20-,21?,22+,23-,24-/m0/s1. The van der Waals surface area contributed by atoms with E-state index in [1.165, 1.54) is 13.8 Å². The summed E-state index contributed by atoms with van der Waals surface area (Å²) in [5.41, 5.74) is 0. The van der Waals surface area contributed by atoms with Crippen LogP contribution in [0.3, 0.4) is 0 Å². The minimum absolute atomic E-state index is 0.0728. The highest BCUT2D eigenvalue weighted by Gasteiger charge is 2.55. The highest BCUT2D eigenvalue weighted by atomic mass is 32.1. The molecule has 2 rings (SSSR count). The number of ether oxygens (including phenoxy) is 5. The van der Waals surface area contributed by atoms with Gasteiger partial charge in [-0.3, -0.25) is 4.79 Å². The van der Waals surface area contributed by atoms with Crippen molar-refractivity contribution < 1.29 is 64.2 Å². The fraction of sp³-hybridized carbons (Fsp3) is 0.917. The Morgan fingerprint density at radius 2 is 1.54 bits per heavy atom. The molecule has 2 saturated heterocycles. The fourth-order valence-electron chi connectivity index (χ4n) is 4.46. The summed E-state index contributed by atoms with van der Waals surface area (Å²) in [4.78, 5) is 11.3. The molecule has 1 amide bonds. The van der Waals surface area contributed by atoms with Crippen molar-refractivity contribution in [3.05, 3.63) is 0 Å². The predicted molar refractivity (Wildman–Crippen MR) is 137 cm³/mol. The predicted octanol–water partition coefficient (Wildman–Crippen LogP) is -3.04. The van der Waals surface area contributed by atoms with Gasteiger partial charge >= 0.3 is 0 Å². The zero-order valence-corrected chi connectivity index (χ0v) is 23.1. The zero-order valence-electron chi connectivity index (χ0n) is 22.3. The van der Waals surface area contributed by atoms with E-state index in [9.17, 15) is 40.5 Å². The maximum Gasteiger partial charge on any atom is 0.216 e. The Morgan fingerprint density at radius 3 is 2.15 bits per heavy atom. The SMILES string of the molecule is CC(=O)NCCOCCOCCCC(=S)CC1C(O)[C@@H](O)[C@H](CO)O[C@H]1O[C@]1(C)OC(CO)[C@H](O)C(O)[C@H]1O. The van der Waals surface area contributed by atoms with Gasteiger partial charge in [-0.25, -0.2) is 0 Å². The van der Waals surface area contributed by atoms with Crippen molar-refractivity contribution in [1.29, 1.82) is 0 Å². The van der Waals surface area contributed by atoms with E-state index in [1.807, 2.05) is 0 Å². The lowest BCUT2D eigenvalue weighted by molar-refractivity contribution is -0.412. The van der Waals surface area contributed by atoms with Gasteiger partial charge in [0.05, 0.1) is 39.1 Å². The molecular formula is C24H43NO13S. The van der Waals surface area contributed by atoms with Gasteiger partial charge in [-0.1, -0.05) is 12.2 Å². The third kappa shape index (κ3) is 9.85. The number of hydrogen-bond acceptors (Lipinski definition) is 14. The molecule has 0 aromatic rings. The van der Waals surface area contributed by atoms with Crippen molar-refractivity contribution >= 4 is 23.0 Å². The number of rotatable bonds is 16. The molecule has 2 heterocycles. The summed E-state index contributed by atoms with van der Waals surface area (Å²) in [6, 6.07) is 0. The molecule has 2 fully saturated rings. The summed E-state index contributed by atoms with van der Waals surface area (Å²) in [5.74, 6) is -3.03. The molecule has 0 radical (unpaired) electrons. The molecule has 0 bridgehead atoms. The minimum Gasteiger partial charge on any atom is -0.394 e. The lowest BCUT2D eigenvalue weighted by Gasteiger charge is -2.50. The Balaban J connectivity index is 1.91. The van der Waals surface area contributed by atoms with Gasteiger partial charge in [-0.05, 0) is 31.1 Å². The zero-order chi connectivity index (χ0) is 29.2. The van der Waals surface area contributed by atoms with Gasteiger partial charge < -0.3 is 64.7 Å². The highest BCUT2D eigenvalue weighted by molar-refractivity contribution is 7.80. The van der Waals surface area contributed by atoms with Gasteiger partial charge in [0.15, 0.2) is 12.1 Å². The second-order valence-electron chi connectivity index (χ2n) is 9.82. The van der Waals surface area contributed by atoms with Crippen molar-refractivity contribution in [3.8, 4) is 0 Å². The first kappa shape index (κ1) is 34.3. The number of nitrogens with one attached hydrogen (secondary N) is 1. The molecule has 15 heteroatoms. The molecule has 0 aromatic heterocycles. The molecule has 2 aliphatic rings. The van der Waals surface area contributed by atoms with E-state index in [0.29, 0.717) is 50.7 Å². The Labute approximate surface area is 232 Å². The van der Waals surface area contributed by atoms with Gasteiger partial charge in [0.1, 0.15) is 36.6 Å². The number of amides is 1. The van der Waals surface area contributed by atoms with Crippen molar-refractivity contribution in [2.45, 2.75) is 87.9 Å². The molecule has 14 nitrogen and oxygen atoms in total. The number of aliphatic hydroxyl groups is 7. The second kappa shape index (κ2) is 16.5. The van der Waals surface area contributed by atoms with Crippen molar-refractivity contribution in [2.75, 3.05) is 46.2 Å². The van der Waals surface area contributed by atoms with Crippen LogP contribution in [0.2, 0.25) is 0 Å². The van der Waals surface area contributed by atoms with Gasteiger partial charge in [0.25, 0.3) is 0 Å². The molecular weight excluding hydrogens is 542 g/mol. The fourth-order valence-corrected chi connectivity index (χ4v) is 4.80. The van der Waals surface area contributed by atoms with Crippen molar-refractivity contribution in [2.24, 2.45) is 5.92 Å². The number of hydrogen-bond donors (Lipinski definition) is 8. The maximum atomic E-state index is 10.8. The van der Waals surface area contributed by atoms with E-state index < -0.39 is 73.9 Å². The average Bonchev–Trinajstić information content (AvgIpc) is 2.90. The molecule has 228 valence electrons. The lowest BCUT2D eigenvalue weighted by Crippen LogP contribution is -2.67. The Bertz CT molecular complexity index is 762. The van der Waals surface area contributed by atoms with Crippen LogP contribution < -0.4 is 5.32 Å². The van der Waals surface area contributed by atoms with Gasteiger partial charge in [0.2, 0.25) is 5.91 Å². The number of aliphatic hydroxyl groups excluding tert-OH is 7. The number of thiocarbonyl (C=S) groups is 1. The Morgan fingerprint density at radius 1 is 0.923 bits per heavy atom. The Hall–Kier alpha value is -0.920. The smallest absolute Gasteiger partial charge is 0.216 e. The van der Waals surface area contributed by atoms with E-state index in [0.717, 1.165) is 0 Å². The summed E-state index contributed by atoms with van der Waals surface area (Å²) >= 11 is 5.48. The van der Waals surface area contributed by atoms with Crippen LogP contribution >= 0.6 is 12.2 Å². The molecule has 0 aromatic carbocycles. The first-order valence-corrected chi connectivity index (χ1v) is 13.4.